The van der Waals surface area contributed by atoms with Gasteiger partial charge in [-0.15, -0.1) is 24.0 Å². The van der Waals surface area contributed by atoms with Crippen LogP contribution < -0.4 is 20.1 Å². The summed E-state index contributed by atoms with van der Waals surface area (Å²) in [5.41, 5.74) is 0.916. The molecule has 0 spiro atoms. The number of anilines is 1. The van der Waals surface area contributed by atoms with Crippen molar-refractivity contribution in [2.24, 2.45) is 4.99 Å². The zero-order valence-corrected chi connectivity index (χ0v) is 16.8. The van der Waals surface area contributed by atoms with Crippen molar-refractivity contribution in [1.29, 1.82) is 0 Å². The van der Waals surface area contributed by atoms with E-state index in [1.54, 1.807) is 18.9 Å². The van der Waals surface area contributed by atoms with Crippen molar-refractivity contribution in [3.8, 4) is 11.5 Å². The fraction of sp³-hybridized carbons (Fsp3) is 0.533. The Kier molecular flexibility index (Phi) is 12.2. The lowest BCUT2D eigenvalue weighted by Crippen LogP contribution is -2.30. The van der Waals surface area contributed by atoms with Gasteiger partial charge in [0.1, 0.15) is 0 Å². The highest BCUT2D eigenvalue weighted by Gasteiger charge is 2.06. The molecular formula is C15H26IN3O2S. The number of guanidine groups is 1. The first-order chi connectivity index (χ1) is 10.2. The van der Waals surface area contributed by atoms with Crippen LogP contribution in [0.3, 0.4) is 0 Å². The van der Waals surface area contributed by atoms with Gasteiger partial charge in [-0.3, -0.25) is 4.99 Å². The fourth-order valence-corrected chi connectivity index (χ4v) is 1.99. The molecule has 2 N–H and O–H groups in total. The number of thioether (sulfide) groups is 1. The Balaban J connectivity index is 0.00000441. The van der Waals surface area contributed by atoms with Gasteiger partial charge in [0.15, 0.2) is 17.5 Å². The van der Waals surface area contributed by atoms with Crippen LogP contribution in [-0.2, 0) is 0 Å². The summed E-state index contributed by atoms with van der Waals surface area (Å²) < 4.78 is 10.9. The van der Waals surface area contributed by atoms with E-state index in [1.165, 1.54) is 0 Å². The van der Waals surface area contributed by atoms with Gasteiger partial charge in [-0.1, -0.05) is 0 Å². The highest BCUT2D eigenvalue weighted by atomic mass is 127. The Morgan fingerprint density at radius 2 is 2.05 bits per heavy atom. The molecule has 0 radical (unpaired) electrons. The Labute approximate surface area is 154 Å². The molecule has 0 bridgehead atoms. The van der Waals surface area contributed by atoms with Crippen molar-refractivity contribution in [3.05, 3.63) is 18.2 Å². The Bertz CT molecular complexity index is 458. The minimum atomic E-state index is 0. The van der Waals surface area contributed by atoms with Gasteiger partial charge in [-0.2, -0.15) is 11.8 Å². The molecule has 0 saturated carbocycles. The second-order valence-corrected chi connectivity index (χ2v) is 5.16. The van der Waals surface area contributed by atoms with Gasteiger partial charge < -0.3 is 20.1 Å². The first-order valence-corrected chi connectivity index (χ1v) is 8.49. The number of halogens is 1. The molecule has 0 aliphatic heterocycles. The molecular weight excluding hydrogens is 413 g/mol. The number of ether oxygens (including phenoxy) is 2. The van der Waals surface area contributed by atoms with E-state index in [9.17, 15) is 0 Å². The van der Waals surface area contributed by atoms with Gasteiger partial charge in [-0.05, 0) is 32.2 Å². The molecule has 0 aliphatic rings. The minimum absolute atomic E-state index is 0. The summed E-state index contributed by atoms with van der Waals surface area (Å²) in [6.07, 6.45) is 2.08. The number of rotatable bonds is 8. The van der Waals surface area contributed by atoms with Crippen LogP contribution in [0.4, 0.5) is 5.69 Å². The van der Waals surface area contributed by atoms with Crippen molar-refractivity contribution < 1.29 is 9.47 Å². The van der Waals surface area contributed by atoms with Crippen LogP contribution in [0.1, 0.15) is 13.8 Å². The number of hydrogen-bond donors (Lipinski definition) is 2. The Morgan fingerprint density at radius 1 is 1.27 bits per heavy atom. The summed E-state index contributed by atoms with van der Waals surface area (Å²) >= 11 is 1.78. The van der Waals surface area contributed by atoms with Crippen molar-refractivity contribution in [3.63, 3.8) is 0 Å². The van der Waals surface area contributed by atoms with Gasteiger partial charge in [0.2, 0.25) is 0 Å². The quantitative estimate of drug-likeness (QED) is 0.281. The summed E-state index contributed by atoms with van der Waals surface area (Å²) in [5, 5.41) is 6.50. The molecule has 0 heterocycles. The summed E-state index contributed by atoms with van der Waals surface area (Å²) in [4.78, 5) is 4.51. The van der Waals surface area contributed by atoms with Crippen LogP contribution in [0.2, 0.25) is 0 Å². The maximum absolute atomic E-state index is 5.51. The zero-order chi connectivity index (χ0) is 15.5. The molecule has 1 aromatic rings. The number of nitrogens with one attached hydrogen (secondary N) is 2. The second-order valence-electron chi connectivity index (χ2n) is 4.18. The van der Waals surface area contributed by atoms with E-state index in [2.05, 4.69) is 21.9 Å². The molecule has 7 heteroatoms. The molecule has 22 heavy (non-hydrogen) atoms. The Morgan fingerprint density at radius 3 is 2.64 bits per heavy atom. The minimum Gasteiger partial charge on any atom is -0.493 e. The summed E-state index contributed by atoms with van der Waals surface area (Å²) in [5.74, 6) is 3.23. The molecule has 0 atom stereocenters. The summed E-state index contributed by atoms with van der Waals surface area (Å²) in [7, 11) is 1.64. The van der Waals surface area contributed by atoms with Gasteiger partial charge in [0.05, 0.1) is 20.3 Å². The lowest BCUT2D eigenvalue weighted by Gasteiger charge is -2.14. The lowest BCUT2D eigenvalue weighted by atomic mass is 10.2. The number of aliphatic imine (C=N–C) groups is 1. The SMILES string of the molecule is CCNC(=NCCSC)Nc1ccc(OCC)c(OC)c1.I. The molecule has 0 unspecified atom stereocenters. The Hall–Kier alpha value is -0.830. The number of methoxy groups -OCH3 is 1. The molecule has 0 aliphatic carbocycles. The highest BCUT2D eigenvalue weighted by molar-refractivity contribution is 14.0. The smallest absolute Gasteiger partial charge is 0.195 e. The van der Waals surface area contributed by atoms with E-state index in [0.717, 1.165) is 36.2 Å². The van der Waals surface area contributed by atoms with E-state index in [0.29, 0.717) is 12.4 Å². The van der Waals surface area contributed by atoms with Crippen LogP contribution in [0.25, 0.3) is 0 Å². The van der Waals surface area contributed by atoms with E-state index < -0.39 is 0 Å². The molecule has 0 saturated heterocycles. The maximum atomic E-state index is 5.51. The molecule has 126 valence electrons. The first kappa shape index (κ1) is 21.2. The number of nitrogens with zero attached hydrogens (tertiary/aromatic N) is 1. The monoisotopic (exact) mass is 439 g/mol. The zero-order valence-electron chi connectivity index (χ0n) is 13.6. The second kappa shape index (κ2) is 12.7. The van der Waals surface area contributed by atoms with Gasteiger partial charge >= 0.3 is 0 Å². The fourth-order valence-electron chi connectivity index (χ4n) is 1.71. The van der Waals surface area contributed by atoms with Gasteiger partial charge in [0, 0.05) is 24.1 Å². The van der Waals surface area contributed by atoms with E-state index in [1.807, 2.05) is 32.0 Å². The third kappa shape index (κ3) is 7.44. The van der Waals surface area contributed by atoms with Crippen molar-refractivity contribution in [2.75, 3.05) is 44.1 Å². The van der Waals surface area contributed by atoms with E-state index in [-0.39, 0.29) is 24.0 Å². The predicted molar refractivity (Wildman–Crippen MR) is 108 cm³/mol. The standard InChI is InChI=1S/C15H25N3O2S.HI/c1-5-16-15(17-9-10-21-4)18-12-7-8-13(20-6-2)14(11-12)19-3;/h7-8,11H,5-6,9-10H2,1-4H3,(H2,16,17,18);1H. The average Bonchev–Trinajstić information content (AvgIpc) is 2.49. The van der Waals surface area contributed by atoms with E-state index in [4.69, 9.17) is 9.47 Å². The maximum Gasteiger partial charge on any atom is 0.195 e. The van der Waals surface area contributed by atoms with Crippen LogP contribution in [-0.4, -0.2) is 44.8 Å². The third-order valence-corrected chi connectivity index (χ3v) is 3.23. The topological polar surface area (TPSA) is 54.9 Å². The normalized spacial score (nSPS) is 10.6. The van der Waals surface area contributed by atoms with Crippen LogP contribution >= 0.6 is 35.7 Å². The molecule has 1 rings (SSSR count). The third-order valence-electron chi connectivity index (χ3n) is 2.64. The molecule has 0 aromatic heterocycles. The van der Waals surface area contributed by atoms with E-state index >= 15 is 0 Å². The van der Waals surface area contributed by atoms with Gasteiger partial charge in [-0.25, -0.2) is 0 Å². The van der Waals surface area contributed by atoms with Crippen molar-refractivity contribution >= 4 is 47.4 Å². The average molecular weight is 439 g/mol. The van der Waals surface area contributed by atoms with Crippen LogP contribution in [0.15, 0.2) is 23.2 Å². The van der Waals surface area contributed by atoms with Crippen LogP contribution in [0, 0.1) is 0 Å². The molecule has 0 amide bonds. The highest BCUT2D eigenvalue weighted by Crippen LogP contribution is 2.30. The van der Waals surface area contributed by atoms with Crippen LogP contribution in [0.5, 0.6) is 11.5 Å². The first-order valence-electron chi connectivity index (χ1n) is 7.10. The lowest BCUT2D eigenvalue weighted by molar-refractivity contribution is 0.311. The largest absolute Gasteiger partial charge is 0.493 e. The number of hydrogen-bond acceptors (Lipinski definition) is 4. The summed E-state index contributed by atoms with van der Waals surface area (Å²) in [6, 6.07) is 5.76. The molecule has 1 aromatic carbocycles. The number of benzene rings is 1. The molecule has 0 fully saturated rings. The van der Waals surface area contributed by atoms with Crippen molar-refractivity contribution in [2.45, 2.75) is 13.8 Å². The predicted octanol–water partition coefficient (Wildman–Crippen LogP) is 3.45. The summed E-state index contributed by atoms with van der Waals surface area (Å²) in [6.45, 7) is 6.21. The van der Waals surface area contributed by atoms with Gasteiger partial charge in [0.25, 0.3) is 0 Å². The van der Waals surface area contributed by atoms with Crippen molar-refractivity contribution in [1.82, 2.24) is 5.32 Å². The molecule has 5 nitrogen and oxygen atoms in total.